The van der Waals surface area contributed by atoms with Crippen molar-refractivity contribution < 1.29 is 15.0 Å². The van der Waals surface area contributed by atoms with Crippen LogP contribution in [-0.2, 0) is 11.2 Å². The van der Waals surface area contributed by atoms with Crippen molar-refractivity contribution in [2.24, 2.45) is 5.92 Å². The second-order valence-corrected chi connectivity index (χ2v) is 3.48. The summed E-state index contributed by atoms with van der Waals surface area (Å²) in [5.74, 6) is -0.569. The average Bonchev–Trinajstić information content (AvgIpc) is 2.19. The first-order chi connectivity index (χ1) is 6.99. The number of hydrogen-bond acceptors (Lipinski definition) is 2. The number of hydrogen-bond donors (Lipinski definition) is 2. The maximum atomic E-state index is 9.70. The molecule has 0 atom stereocenters. The third kappa shape index (κ3) is 5.73. The van der Waals surface area contributed by atoms with Gasteiger partial charge in [-0.05, 0) is 18.1 Å². The Morgan fingerprint density at radius 1 is 1.33 bits per heavy atom. The van der Waals surface area contributed by atoms with Crippen LogP contribution in [0.15, 0.2) is 24.3 Å². The van der Waals surface area contributed by atoms with Crippen molar-refractivity contribution in [3.05, 3.63) is 29.8 Å². The quantitative estimate of drug-likeness (QED) is 0.789. The Balaban J connectivity index is 0.000000288. The zero-order valence-corrected chi connectivity index (χ0v) is 9.40. The van der Waals surface area contributed by atoms with Crippen LogP contribution < -0.4 is 0 Å². The Morgan fingerprint density at radius 3 is 2.07 bits per heavy atom. The molecule has 0 aliphatic carbocycles. The summed E-state index contributed by atoms with van der Waals surface area (Å²) in [6.45, 7) is 5.31. The Bertz CT molecular complexity index is 305. The summed E-state index contributed by atoms with van der Waals surface area (Å²) >= 11 is 0. The summed E-state index contributed by atoms with van der Waals surface area (Å²) in [5.41, 5.74) is 1.01. The summed E-state index contributed by atoms with van der Waals surface area (Å²) in [6, 6.07) is 7.39. The van der Waals surface area contributed by atoms with Gasteiger partial charge in [0.15, 0.2) is 0 Å². The van der Waals surface area contributed by atoms with Crippen LogP contribution in [0.5, 0.6) is 5.75 Å². The SMILES string of the molecule is CC(C)C(=O)O.CCc1ccccc1O. The van der Waals surface area contributed by atoms with Gasteiger partial charge in [-0.2, -0.15) is 0 Å². The van der Waals surface area contributed by atoms with Crippen LogP contribution in [-0.4, -0.2) is 16.2 Å². The van der Waals surface area contributed by atoms with E-state index >= 15 is 0 Å². The molecule has 0 aromatic heterocycles. The molecule has 0 saturated carbocycles. The van der Waals surface area contributed by atoms with Crippen molar-refractivity contribution in [1.82, 2.24) is 0 Å². The van der Waals surface area contributed by atoms with E-state index in [4.69, 9.17) is 10.2 Å². The minimum Gasteiger partial charge on any atom is -0.508 e. The van der Waals surface area contributed by atoms with Crippen molar-refractivity contribution in [3.8, 4) is 5.75 Å². The summed E-state index contributed by atoms with van der Waals surface area (Å²) in [4.78, 5) is 9.70. The molecular formula is C12H18O3. The lowest BCUT2D eigenvalue weighted by Crippen LogP contribution is -2.03. The molecule has 3 nitrogen and oxygen atoms in total. The predicted molar refractivity (Wildman–Crippen MR) is 60.0 cm³/mol. The molecule has 0 bridgehead atoms. The van der Waals surface area contributed by atoms with Gasteiger partial charge in [0, 0.05) is 0 Å². The Labute approximate surface area is 90.4 Å². The van der Waals surface area contributed by atoms with Crippen LogP contribution >= 0.6 is 0 Å². The monoisotopic (exact) mass is 210 g/mol. The molecule has 0 saturated heterocycles. The van der Waals surface area contributed by atoms with Gasteiger partial charge < -0.3 is 10.2 Å². The van der Waals surface area contributed by atoms with E-state index in [1.165, 1.54) is 0 Å². The topological polar surface area (TPSA) is 57.5 Å². The van der Waals surface area contributed by atoms with Gasteiger partial charge >= 0.3 is 5.97 Å². The fourth-order valence-corrected chi connectivity index (χ4v) is 0.810. The minimum absolute atomic E-state index is 0.231. The zero-order chi connectivity index (χ0) is 11.8. The average molecular weight is 210 g/mol. The van der Waals surface area contributed by atoms with Gasteiger partial charge in [0.05, 0.1) is 5.92 Å². The van der Waals surface area contributed by atoms with Gasteiger partial charge in [0.25, 0.3) is 0 Å². The minimum atomic E-state index is -0.741. The van der Waals surface area contributed by atoms with Crippen LogP contribution in [0.2, 0.25) is 0 Å². The Morgan fingerprint density at radius 2 is 1.80 bits per heavy atom. The van der Waals surface area contributed by atoms with E-state index in [0.717, 1.165) is 12.0 Å². The molecule has 0 radical (unpaired) electrons. The lowest BCUT2D eigenvalue weighted by molar-refractivity contribution is -0.140. The molecule has 0 aliphatic rings. The molecule has 1 aromatic rings. The molecule has 84 valence electrons. The van der Waals surface area contributed by atoms with Gasteiger partial charge in [0.1, 0.15) is 5.75 Å². The van der Waals surface area contributed by atoms with Gasteiger partial charge in [-0.15, -0.1) is 0 Å². The Kier molecular flexibility index (Phi) is 6.18. The van der Waals surface area contributed by atoms with Crippen molar-refractivity contribution >= 4 is 5.97 Å². The molecule has 3 heteroatoms. The summed E-state index contributed by atoms with van der Waals surface area (Å²) in [7, 11) is 0. The number of para-hydroxylation sites is 1. The van der Waals surface area contributed by atoms with Crippen LogP contribution in [0.25, 0.3) is 0 Å². The summed E-state index contributed by atoms with van der Waals surface area (Å²) in [5, 5.41) is 17.1. The van der Waals surface area contributed by atoms with Crippen LogP contribution in [0.1, 0.15) is 26.3 Å². The highest BCUT2D eigenvalue weighted by molar-refractivity contribution is 5.68. The van der Waals surface area contributed by atoms with E-state index in [-0.39, 0.29) is 5.92 Å². The molecule has 0 heterocycles. The summed E-state index contributed by atoms with van der Waals surface area (Å²) in [6.07, 6.45) is 0.896. The molecule has 1 rings (SSSR count). The van der Waals surface area contributed by atoms with E-state index in [2.05, 4.69) is 0 Å². The molecule has 2 N–H and O–H groups in total. The maximum absolute atomic E-state index is 9.70. The van der Waals surface area contributed by atoms with E-state index in [1.807, 2.05) is 25.1 Å². The molecule has 1 aromatic carbocycles. The standard InChI is InChI=1S/C8H10O.C4H8O2/c1-2-7-5-3-4-6-8(7)9;1-3(2)4(5)6/h3-6,9H,2H2,1H3;3H,1-2H3,(H,5,6). The van der Waals surface area contributed by atoms with Crippen LogP contribution in [0, 0.1) is 5.92 Å². The second-order valence-electron chi connectivity index (χ2n) is 3.48. The van der Waals surface area contributed by atoms with Crippen LogP contribution in [0.4, 0.5) is 0 Å². The summed E-state index contributed by atoms with van der Waals surface area (Å²) < 4.78 is 0. The van der Waals surface area contributed by atoms with E-state index in [0.29, 0.717) is 5.75 Å². The van der Waals surface area contributed by atoms with Crippen molar-refractivity contribution in [2.75, 3.05) is 0 Å². The van der Waals surface area contributed by atoms with Gasteiger partial charge in [-0.3, -0.25) is 4.79 Å². The van der Waals surface area contributed by atoms with Crippen molar-refractivity contribution in [1.29, 1.82) is 0 Å². The number of aromatic hydroxyl groups is 1. The fourth-order valence-electron chi connectivity index (χ4n) is 0.810. The van der Waals surface area contributed by atoms with Gasteiger partial charge in [-0.1, -0.05) is 39.0 Å². The number of phenols is 1. The van der Waals surface area contributed by atoms with Gasteiger partial charge in [-0.25, -0.2) is 0 Å². The van der Waals surface area contributed by atoms with Crippen LogP contribution in [0.3, 0.4) is 0 Å². The number of rotatable bonds is 2. The number of benzene rings is 1. The second kappa shape index (κ2) is 6.87. The third-order valence-corrected chi connectivity index (χ3v) is 1.87. The number of carbonyl (C=O) groups is 1. The first-order valence-corrected chi connectivity index (χ1v) is 4.98. The molecule has 15 heavy (non-hydrogen) atoms. The molecule has 0 amide bonds. The lowest BCUT2D eigenvalue weighted by atomic mass is 10.1. The number of aliphatic carboxylic acids is 1. The smallest absolute Gasteiger partial charge is 0.305 e. The molecule has 0 aliphatic heterocycles. The highest BCUT2D eigenvalue weighted by Crippen LogP contribution is 2.14. The normalized spacial score (nSPS) is 9.33. The van der Waals surface area contributed by atoms with Crippen molar-refractivity contribution in [3.63, 3.8) is 0 Å². The van der Waals surface area contributed by atoms with Crippen molar-refractivity contribution in [2.45, 2.75) is 27.2 Å². The predicted octanol–water partition coefficient (Wildman–Crippen LogP) is 2.68. The number of aryl methyl sites for hydroxylation is 1. The first-order valence-electron chi connectivity index (χ1n) is 4.98. The highest BCUT2D eigenvalue weighted by atomic mass is 16.4. The van der Waals surface area contributed by atoms with E-state index < -0.39 is 5.97 Å². The van der Waals surface area contributed by atoms with E-state index in [9.17, 15) is 4.79 Å². The fraction of sp³-hybridized carbons (Fsp3) is 0.417. The first kappa shape index (κ1) is 13.5. The molecule has 0 unspecified atom stereocenters. The van der Waals surface area contributed by atoms with E-state index in [1.54, 1.807) is 19.9 Å². The van der Waals surface area contributed by atoms with Gasteiger partial charge in [0.2, 0.25) is 0 Å². The molecule has 0 fully saturated rings. The number of carboxylic acids is 1. The number of phenolic OH excluding ortho intramolecular Hbond substituents is 1. The lowest BCUT2D eigenvalue weighted by Gasteiger charge is -1.97. The number of carboxylic acid groups (broad SMARTS) is 1. The third-order valence-electron chi connectivity index (χ3n) is 1.87. The molecule has 0 spiro atoms. The molecular weight excluding hydrogens is 192 g/mol. The Hall–Kier alpha value is -1.51. The zero-order valence-electron chi connectivity index (χ0n) is 9.40. The maximum Gasteiger partial charge on any atom is 0.305 e. The largest absolute Gasteiger partial charge is 0.508 e. The highest BCUT2D eigenvalue weighted by Gasteiger charge is 1.99.